The molecule has 33 heavy (non-hydrogen) atoms. The van der Waals surface area contributed by atoms with Gasteiger partial charge in [-0.25, -0.2) is 9.67 Å². The number of hydrogen-bond acceptors (Lipinski definition) is 5. The van der Waals surface area contributed by atoms with Crippen molar-refractivity contribution in [1.29, 1.82) is 5.26 Å². The summed E-state index contributed by atoms with van der Waals surface area (Å²) in [7, 11) is 0. The van der Waals surface area contributed by atoms with Gasteiger partial charge in [0.15, 0.2) is 0 Å². The number of nitrogens with zero attached hydrogens (tertiary/aromatic N) is 5. The van der Waals surface area contributed by atoms with Crippen molar-refractivity contribution in [3.05, 3.63) is 82.0 Å². The molecule has 4 heterocycles. The SMILES string of the molecule is Cc1nn(-c2ccccc2)c2c1CC(C#N)(c1nc3ccccc3c(=O)[nH]1)C1CCCCN21. The fourth-order valence-corrected chi connectivity index (χ4v) is 5.60. The van der Waals surface area contributed by atoms with E-state index in [4.69, 9.17) is 10.1 Å². The van der Waals surface area contributed by atoms with Gasteiger partial charge in [-0.15, -0.1) is 0 Å². The third-order valence-electron chi connectivity index (χ3n) is 7.19. The minimum Gasteiger partial charge on any atom is -0.351 e. The fourth-order valence-electron chi connectivity index (χ4n) is 5.60. The van der Waals surface area contributed by atoms with Crippen LogP contribution < -0.4 is 10.5 Å². The third kappa shape index (κ3) is 2.83. The summed E-state index contributed by atoms with van der Waals surface area (Å²) >= 11 is 0. The van der Waals surface area contributed by atoms with Gasteiger partial charge in [-0.3, -0.25) is 4.79 Å². The summed E-state index contributed by atoms with van der Waals surface area (Å²) in [6, 6.07) is 20.0. The van der Waals surface area contributed by atoms with E-state index in [1.807, 2.05) is 48.0 Å². The van der Waals surface area contributed by atoms with Gasteiger partial charge in [0.25, 0.3) is 5.56 Å². The van der Waals surface area contributed by atoms with Gasteiger partial charge >= 0.3 is 0 Å². The van der Waals surface area contributed by atoms with E-state index in [9.17, 15) is 10.1 Å². The first-order valence-corrected chi connectivity index (χ1v) is 11.4. The molecule has 6 rings (SSSR count). The molecule has 7 heteroatoms. The molecule has 0 saturated carbocycles. The number of rotatable bonds is 2. The molecule has 2 unspecified atom stereocenters. The van der Waals surface area contributed by atoms with Gasteiger partial charge in [-0.2, -0.15) is 10.4 Å². The largest absolute Gasteiger partial charge is 0.351 e. The topological polar surface area (TPSA) is 90.6 Å². The van der Waals surface area contributed by atoms with Crippen LogP contribution in [0.25, 0.3) is 16.6 Å². The van der Waals surface area contributed by atoms with Crippen LogP contribution in [0.1, 0.15) is 36.3 Å². The molecule has 7 nitrogen and oxygen atoms in total. The molecule has 4 aromatic rings. The number of fused-ring (bicyclic) bond motifs is 4. The Bertz CT molecular complexity index is 1460. The molecular weight excluding hydrogens is 412 g/mol. The van der Waals surface area contributed by atoms with Gasteiger partial charge in [-0.1, -0.05) is 30.3 Å². The van der Waals surface area contributed by atoms with Crippen molar-refractivity contribution in [3.8, 4) is 11.8 Å². The summed E-state index contributed by atoms with van der Waals surface area (Å²) in [6.45, 7) is 2.85. The van der Waals surface area contributed by atoms with Crippen molar-refractivity contribution in [2.75, 3.05) is 11.4 Å². The minimum atomic E-state index is -0.952. The summed E-state index contributed by atoms with van der Waals surface area (Å²) < 4.78 is 2.01. The number of H-pyrrole nitrogens is 1. The lowest BCUT2D eigenvalue weighted by Gasteiger charge is -2.49. The molecule has 2 atom stereocenters. The first-order valence-electron chi connectivity index (χ1n) is 11.4. The highest BCUT2D eigenvalue weighted by molar-refractivity contribution is 5.77. The molecule has 0 bridgehead atoms. The van der Waals surface area contributed by atoms with Gasteiger partial charge in [0, 0.05) is 18.5 Å². The number of anilines is 1. The number of aromatic amines is 1. The molecular formula is C26H24N6O. The number of nitriles is 1. The number of para-hydroxylation sites is 2. The van der Waals surface area contributed by atoms with Crippen molar-refractivity contribution < 1.29 is 0 Å². The number of piperidine rings is 1. The summed E-state index contributed by atoms with van der Waals surface area (Å²) in [5.41, 5.74) is 2.43. The van der Waals surface area contributed by atoms with Crippen LogP contribution in [0.15, 0.2) is 59.4 Å². The Kier molecular flexibility index (Phi) is 4.37. The molecule has 1 saturated heterocycles. The summed E-state index contributed by atoms with van der Waals surface area (Å²) in [4.78, 5) is 23.1. The second-order valence-electron chi connectivity index (χ2n) is 9.03. The highest BCUT2D eigenvalue weighted by Crippen LogP contribution is 2.47. The molecule has 2 aliphatic heterocycles. The van der Waals surface area contributed by atoms with Gasteiger partial charge in [0.05, 0.1) is 34.4 Å². The third-order valence-corrected chi connectivity index (χ3v) is 7.19. The Morgan fingerprint density at radius 1 is 1.12 bits per heavy atom. The highest BCUT2D eigenvalue weighted by atomic mass is 16.1. The average Bonchev–Trinajstić information content (AvgIpc) is 3.20. The molecule has 0 aliphatic carbocycles. The van der Waals surface area contributed by atoms with E-state index in [0.29, 0.717) is 23.1 Å². The Morgan fingerprint density at radius 3 is 2.73 bits per heavy atom. The van der Waals surface area contributed by atoms with E-state index in [0.717, 1.165) is 48.6 Å². The van der Waals surface area contributed by atoms with E-state index in [1.165, 1.54) is 0 Å². The maximum atomic E-state index is 12.9. The van der Waals surface area contributed by atoms with Crippen LogP contribution in [0.3, 0.4) is 0 Å². The molecule has 2 aromatic carbocycles. The van der Waals surface area contributed by atoms with E-state index in [2.05, 4.69) is 28.1 Å². The summed E-state index contributed by atoms with van der Waals surface area (Å²) in [6.07, 6.45) is 3.43. The van der Waals surface area contributed by atoms with Crippen LogP contribution in [0.2, 0.25) is 0 Å². The molecule has 164 valence electrons. The standard InChI is InChI=1S/C26H24N6O/c1-17-20-15-26(16-27,25-28-21-12-6-5-11-19(21)23(33)29-25)22-13-7-8-14-31(22)24(20)32(30-17)18-9-3-2-4-10-18/h2-6,9-12,22H,7-8,13-15H2,1H3,(H,28,29,33). The minimum absolute atomic E-state index is 0.0911. The normalized spacial score (nSPS) is 21.9. The average molecular weight is 437 g/mol. The molecule has 1 fully saturated rings. The van der Waals surface area contributed by atoms with E-state index in [-0.39, 0.29) is 11.6 Å². The smallest absolute Gasteiger partial charge is 0.258 e. The van der Waals surface area contributed by atoms with Crippen LogP contribution in [0.5, 0.6) is 0 Å². The first-order chi connectivity index (χ1) is 16.1. The molecule has 0 spiro atoms. The molecule has 0 amide bonds. The van der Waals surface area contributed by atoms with Crippen molar-refractivity contribution in [3.63, 3.8) is 0 Å². The Labute approximate surface area is 191 Å². The summed E-state index contributed by atoms with van der Waals surface area (Å²) in [5.74, 6) is 1.53. The van der Waals surface area contributed by atoms with Crippen molar-refractivity contribution in [1.82, 2.24) is 19.7 Å². The van der Waals surface area contributed by atoms with Crippen LogP contribution >= 0.6 is 0 Å². The van der Waals surface area contributed by atoms with E-state index < -0.39 is 5.41 Å². The zero-order chi connectivity index (χ0) is 22.6. The second kappa shape index (κ2) is 7.31. The number of aryl methyl sites for hydroxylation is 1. The Hall–Kier alpha value is -3.92. The lowest BCUT2D eigenvalue weighted by atomic mass is 9.69. The van der Waals surface area contributed by atoms with Crippen LogP contribution in [0, 0.1) is 18.3 Å². The fraction of sp³-hybridized carbons (Fsp3) is 0.308. The van der Waals surface area contributed by atoms with Crippen LogP contribution in [-0.4, -0.2) is 32.3 Å². The maximum absolute atomic E-state index is 12.9. The van der Waals surface area contributed by atoms with Gasteiger partial charge in [0.2, 0.25) is 0 Å². The number of nitrogens with one attached hydrogen (secondary N) is 1. The number of aromatic nitrogens is 4. The predicted octanol–water partition coefficient (Wildman–Crippen LogP) is 3.79. The maximum Gasteiger partial charge on any atom is 0.258 e. The molecule has 0 radical (unpaired) electrons. The number of benzene rings is 2. The van der Waals surface area contributed by atoms with Gasteiger partial charge in [-0.05, 0) is 50.5 Å². The quantitative estimate of drug-likeness (QED) is 0.516. The van der Waals surface area contributed by atoms with Crippen molar-refractivity contribution >= 4 is 16.7 Å². The highest BCUT2D eigenvalue weighted by Gasteiger charge is 2.53. The van der Waals surface area contributed by atoms with Crippen molar-refractivity contribution in [2.24, 2.45) is 0 Å². The second-order valence-corrected chi connectivity index (χ2v) is 9.03. The van der Waals surface area contributed by atoms with Crippen LogP contribution in [0.4, 0.5) is 5.82 Å². The lowest BCUT2D eigenvalue weighted by Crippen LogP contribution is -2.58. The molecule has 1 N–H and O–H groups in total. The van der Waals surface area contributed by atoms with Crippen molar-refractivity contribution in [2.45, 2.75) is 44.1 Å². The van der Waals surface area contributed by atoms with E-state index >= 15 is 0 Å². The lowest BCUT2D eigenvalue weighted by molar-refractivity contribution is 0.309. The van der Waals surface area contributed by atoms with Gasteiger partial charge < -0.3 is 9.88 Å². The monoisotopic (exact) mass is 436 g/mol. The van der Waals surface area contributed by atoms with Gasteiger partial charge in [0.1, 0.15) is 17.1 Å². The Morgan fingerprint density at radius 2 is 1.91 bits per heavy atom. The first kappa shape index (κ1) is 19.7. The molecule has 2 aromatic heterocycles. The Balaban J connectivity index is 1.59. The summed E-state index contributed by atoms with van der Waals surface area (Å²) in [5, 5.41) is 16.1. The zero-order valence-corrected chi connectivity index (χ0v) is 18.5. The van der Waals surface area contributed by atoms with E-state index in [1.54, 1.807) is 6.07 Å². The molecule has 2 aliphatic rings. The predicted molar refractivity (Wildman–Crippen MR) is 127 cm³/mol. The van der Waals surface area contributed by atoms with Crippen LogP contribution in [-0.2, 0) is 11.8 Å². The number of hydrogen-bond donors (Lipinski definition) is 1. The zero-order valence-electron chi connectivity index (χ0n) is 18.5.